The van der Waals surface area contributed by atoms with E-state index in [-0.39, 0.29) is 12.3 Å². The van der Waals surface area contributed by atoms with Gasteiger partial charge in [0.15, 0.2) is 0 Å². The number of aryl methyl sites for hydroxylation is 3. The van der Waals surface area contributed by atoms with E-state index in [9.17, 15) is 9.59 Å². The molecule has 0 saturated heterocycles. The number of aromatic nitrogens is 2. The minimum atomic E-state index is -0.478. The zero-order valence-corrected chi connectivity index (χ0v) is 21.4. The van der Waals surface area contributed by atoms with Crippen LogP contribution in [0.25, 0.3) is 16.9 Å². The van der Waals surface area contributed by atoms with E-state index in [0.29, 0.717) is 16.5 Å². The molecule has 6 nitrogen and oxygen atoms in total. The van der Waals surface area contributed by atoms with Crippen molar-refractivity contribution in [3.63, 3.8) is 0 Å². The molecular weight excluding hydrogens is 456 g/mol. The zero-order valence-electron chi connectivity index (χ0n) is 20.6. The van der Waals surface area contributed by atoms with Crippen LogP contribution in [0.5, 0.6) is 0 Å². The first-order valence-corrected chi connectivity index (χ1v) is 12.8. The molecule has 3 heterocycles. The Morgan fingerprint density at radius 2 is 1.97 bits per heavy atom. The van der Waals surface area contributed by atoms with Gasteiger partial charge in [-0.2, -0.15) is 0 Å². The van der Waals surface area contributed by atoms with Crippen LogP contribution in [0.2, 0.25) is 0 Å². The number of hydrogen-bond acceptors (Lipinski definition) is 4. The number of thiophene rings is 1. The Morgan fingerprint density at radius 3 is 2.71 bits per heavy atom. The molecule has 7 heteroatoms. The zero-order chi connectivity index (χ0) is 24.9. The highest BCUT2D eigenvalue weighted by Crippen LogP contribution is 2.39. The number of primary amides is 1. The summed E-state index contributed by atoms with van der Waals surface area (Å²) in [6, 6.07) is 10.2. The molecule has 1 aliphatic rings. The minimum Gasteiger partial charge on any atom is -0.365 e. The van der Waals surface area contributed by atoms with Crippen molar-refractivity contribution in [2.45, 2.75) is 53.4 Å². The SMILES string of the molecule is Cc1ccc(-c2nc3c(C)cccn3c2CC(=O)Nc2sc3c(c2C(N)=O)CCC(C)C3)cc1C. The Kier molecular flexibility index (Phi) is 5.97. The quantitative estimate of drug-likeness (QED) is 0.396. The number of carbonyl (C=O) groups is 2. The molecule has 1 unspecified atom stereocenters. The second-order valence-electron chi connectivity index (χ2n) is 9.74. The highest BCUT2D eigenvalue weighted by molar-refractivity contribution is 7.17. The van der Waals surface area contributed by atoms with Crippen LogP contribution in [-0.4, -0.2) is 21.2 Å². The predicted octanol–water partition coefficient (Wildman–Crippen LogP) is 5.39. The van der Waals surface area contributed by atoms with E-state index in [4.69, 9.17) is 10.7 Å². The number of nitrogens with zero attached hydrogens (tertiary/aromatic N) is 2. The number of imidazole rings is 1. The highest BCUT2D eigenvalue weighted by atomic mass is 32.1. The van der Waals surface area contributed by atoms with Gasteiger partial charge in [0.05, 0.1) is 23.4 Å². The van der Waals surface area contributed by atoms with Crippen molar-refractivity contribution in [1.82, 2.24) is 9.38 Å². The molecule has 0 bridgehead atoms. The Labute approximate surface area is 209 Å². The van der Waals surface area contributed by atoms with Crippen LogP contribution < -0.4 is 11.1 Å². The van der Waals surface area contributed by atoms with Crippen LogP contribution in [0.4, 0.5) is 5.00 Å². The number of anilines is 1. The Hall–Kier alpha value is -3.45. The molecular formula is C28H30N4O2S. The number of carbonyl (C=O) groups excluding carboxylic acids is 2. The van der Waals surface area contributed by atoms with Crippen LogP contribution in [0.15, 0.2) is 36.5 Å². The summed E-state index contributed by atoms with van der Waals surface area (Å²) in [4.78, 5) is 31.8. The van der Waals surface area contributed by atoms with Crippen molar-refractivity contribution in [2.75, 3.05) is 5.32 Å². The molecule has 3 N–H and O–H groups in total. The van der Waals surface area contributed by atoms with Gasteiger partial charge in [0.1, 0.15) is 10.6 Å². The number of amides is 2. The summed E-state index contributed by atoms with van der Waals surface area (Å²) in [7, 11) is 0. The maximum Gasteiger partial charge on any atom is 0.251 e. The Bertz CT molecular complexity index is 1480. The number of fused-ring (bicyclic) bond motifs is 2. The van der Waals surface area contributed by atoms with Gasteiger partial charge in [-0.1, -0.05) is 25.1 Å². The van der Waals surface area contributed by atoms with Crippen LogP contribution in [-0.2, 0) is 24.1 Å². The van der Waals surface area contributed by atoms with E-state index in [0.717, 1.165) is 57.9 Å². The van der Waals surface area contributed by atoms with Crippen LogP contribution in [0.3, 0.4) is 0 Å². The number of rotatable bonds is 5. The third-order valence-corrected chi connectivity index (χ3v) is 8.23. The number of pyridine rings is 1. The maximum absolute atomic E-state index is 13.4. The van der Waals surface area contributed by atoms with Crippen molar-refractivity contribution < 1.29 is 9.59 Å². The van der Waals surface area contributed by atoms with E-state index in [2.05, 4.69) is 44.3 Å². The molecule has 5 rings (SSSR count). The van der Waals surface area contributed by atoms with Crippen molar-refractivity contribution in [2.24, 2.45) is 11.7 Å². The smallest absolute Gasteiger partial charge is 0.251 e. The average Bonchev–Trinajstić information content (AvgIpc) is 3.34. The standard InChI is InChI=1S/C28H30N4O2S/c1-15-7-10-20-22(12-15)35-28(24(20)26(29)34)30-23(33)14-21-25(19-9-8-16(2)18(4)13-19)31-27-17(3)6-5-11-32(21)27/h5-6,8-9,11,13,15H,7,10,12,14H2,1-4H3,(H2,29,34)(H,30,33). The highest BCUT2D eigenvalue weighted by Gasteiger charge is 2.28. The van der Waals surface area contributed by atoms with Crippen LogP contribution in [0.1, 0.15) is 56.5 Å². The van der Waals surface area contributed by atoms with Gasteiger partial charge in [-0.3, -0.25) is 9.59 Å². The third kappa shape index (κ3) is 4.25. The number of nitrogens with one attached hydrogen (secondary N) is 1. The predicted molar refractivity (Wildman–Crippen MR) is 141 cm³/mol. The molecule has 1 aromatic carbocycles. The minimum absolute atomic E-state index is 0.129. The number of nitrogens with two attached hydrogens (primary N) is 1. The lowest BCUT2D eigenvalue weighted by molar-refractivity contribution is -0.115. The van der Waals surface area contributed by atoms with Gasteiger partial charge in [-0.05, 0) is 80.3 Å². The van der Waals surface area contributed by atoms with Crippen molar-refractivity contribution in [3.05, 3.63) is 74.9 Å². The average molecular weight is 487 g/mol. The molecule has 3 aromatic heterocycles. The molecule has 0 radical (unpaired) electrons. The number of hydrogen-bond donors (Lipinski definition) is 2. The fraction of sp³-hybridized carbons (Fsp3) is 0.321. The number of benzene rings is 1. The fourth-order valence-corrected chi connectivity index (χ4v) is 6.40. The van der Waals surface area contributed by atoms with Gasteiger partial charge >= 0.3 is 0 Å². The Morgan fingerprint density at radius 1 is 1.17 bits per heavy atom. The van der Waals surface area contributed by atoms with Crippen molar-refractivity contribution in [3.8, 4) is 11.3 Å². The van der Waals surface area contributed by atoms with E-state index >= 15 is 0 Å². The normalized spacial score (nSPS) is 15.3. The van der Waals surface area contributed by atoms with Gasteiger partial charge in [0, 0.05) is 16.6 Å². The van der Waals surface area contributed by atoms with E-state index in [1.54, 1.807) is 0 Å². The summed E-state index contributed by atoms with van der Waals surface area (Å²) in [6.45, 7) is 8.40. The van der Waals surface area contributed by atoms with Crippen molar-refractivity contribution in [1.29, 1.82) is 0 Å². The van der Waals surface area contributed by atoms with E-state index in [1.165, 1.54) is 22.5 Å². The second kappa shape index (κ2) is 8.96. The fourth-order valence-electron chi connectivity index (χ4n) is 4.96. The van der Waals surface area contributed by atoms with Crippen LogP contribution in [0, 0.1) is 26.7 Å². The lowest BCUT2D eigenvalue weighted by atomic mass is 9.88. The summed E-state index contributed by atoms with van der Waals surface area (Å²) in [5, 5.41) is 3.59. The third-order valence-electron chi connectivity index (χ3n) is 7.06. The largest absolute Gasteiger partial charge is 0.365 e. The molecule has 35 heavy (non-hydrogen) atoms. The topological polar surface area (TPSA) is 89.5 Å². The maximum atomic E-state index is 13.4. The first kappa shape index (κ1) is 23.3. The van der Waals surface area contributed by atoms with Crippen molar-refractivity contribution >= 4 is 33.8 Å². The van der Waals surface area contributed by atoms with Gasteiger partial charge in [-0.15, -0.1) is 11.3 Å². The molecule has 1 aliphatic carbocycles. The molecule has 4 aromatic rings. The van der Waals surface area contributed by atoms with Gasteiger partial charge in [0.2, 0.25) is 5.91 Å². The first-order chi connectivity index (χ1) is 16.7. The lowest BCUT2D eigenvalue weighted by Crippen LogP contribution is -2.20. The summed E-state index contributed by atoms with van der Waals surface area (Å²) >= 11 is 1.49. The second-order valence-corrected chi connectivity index (χ2v) is 10.8. The molecule has 0 aliphatic heterocycles. The summed E-state index contributed by atoms with van der Waals surface area (Å²) in [5.41, 5.74) is 14.1. The Balaban J connectivity index is 1.53. The molecule has 1 atom stereocenters. The van der Waals surface area contributed by atoms with Crippen LogP contribution >= 0.6 is 11.3 Å². The molecule has 0 spiro atoms. The summed E-state index contributed by atoms with van der Waals surface area (Å²) in [5.74, 6) is -0.103. The molecule has 0 fully saturated rings. The lowest BCUT2D eigenvalue weighted by Gasteiger charge is -2.18. The summed E-state index contributed by atoms with van der Waals surface area (Å²) in [6.07, 6.45) is 4.84. The van der Waals surface area contributed by atoms with Gasteiger partial charge in [0.25, 0.3) is 5.91 Å². The summed E-state index contributed by atoms with van der Waals surface area (Å²) < 4.78 is 2.00. The van der Waals surface area contributed by atoms with Gasteiger partial charge < -0.3 is 15.5 Å². The molecule has 180 valence electrons. The van der Waals surface area contributed by atoms with Gasteiger partial charge in [-0.25, -0.2) is 4.98 Å². The van der Waals surface area contributed by atoms with E-state index in [1.807, 2.05) is 29.7 Å². The molecule has 0 saturated carbocycles. The monoisotopic (exact) mass is 486 g/mol. The van der Waals surface area contributed by atoms with E-state index < -0.39 is 5.91 Å². The molecule has 2 amide bonds. The first-order valence-electron chi connectivity index (χ1n) is 12.0.